The molecule has 108 valence electrons. The number of aryl methyl sites for hydroxylation is 1. The van der Waals surface area contributed by atoms with Crippen LogP contribution < -0.4 is 10.5 Å². The Morgan fingerprint density at radius 1 is 1.45 bits per heavy atom. The number of sulfonamides is 1. The minimum Gasteiger partial charge on any atom is -0.381 e. The highest BCUT2D eigenvalue weighted by atomic mass is 35.5. The summed E-state index contributed by atoms with van der Waals surface area (Å²) in [7, 11) is -2.38. The van der Waals surface area contributed by atoms with Gasteiger partial charge in [-0.3, -0.25) is 9.40 Å². The van der Waals surface area contributed by atoms with Crippen LogP contribution in [0.1, 0.15) is 5.69 Å². The lowest BCUT2D eigenvalue weighted by molar-refractivity contribution is 0.600. The molecule has 2 rings (SSSR count). The Morgan fingerprint density at radius 3 is 2.60 bits per heavy atom. The molecule has 20 heavy (non-hydrogen) atoms. The van der Waals surface area contributed by atoms with Crippen LogP contribution in [0.15, 0.2) is 23.1 Å². The number of hydrogen-bond acceptors (Lipinski definition) is 4. The van der Waals surface area contributed by atoms with Crippen LogP contribution in [0, 0.1) is 12.7 Å². The minimum atomic E-state index is -3.95. The van der Waals surface area contributed by atoms with Crippen LogP contribution in [0.25, 0.3) is 0 Å². The SMILES string of the molecule is Cc1c(S(=O)(=O)Nc2ccc(Cl)c(F)c2)c(N)nn1C. The molecule has 0 unspecified atom stereocenters. The number of halogens is 2. The minimum absolute atomic E-state index is 0.0505. The zero-order valence-electron chi connectivity index (χ0n) is 10.7. The first-order valence-corrected chi connectivity index (χ1v) is 7.35. The van der Waals surface area contributed by atoms with Crippen molar-refractivity contribution in [3.05, 3.63) is 34.7 Å². The quantitative estimate of drug-likeness (QED) is 0.904. The molecule has 1 aromatic carbocycles. The standard InChI is InChI=1S/C11H12ClFN4O2S/c1-6-10(11(14)15-17(6)2)20(18,19)16-7-3-4-8(12)9(13)5-7/h3-5,16H,1-2H3,(H2,14,15). The first kappa shape index (κ1) is 14.6. The van der Waals surface area contributed by atoms with E-state index in [4.69, 9.17) is 17.3 Å². The maximum absolute atomic E-state index is 13.3. The van der Waals surface area contributed by atoms with Crippen LogP contribution in [0.5, 0.6) is 0 Å². The molecule has 0 saturated carbocycles. The van der Waals surface area contributed by atoms with Crippen molar-refractivity contribution in [2.75, 3.05) is 10.5 Å². The molecule has 2 aromatic rings. The van der Waals surface area contributed by atoms with Gasteiger partial charge in [0.15, 0.2) is 10.7 Å². The molecule has 0 spiro atoms. The van der Waals surface area contributed by atoms with Gasteiger partial charge in [0.2, 0.25) is 0 Å². The number of nitrogen functional groups attached to an aromatic ring is 1. The van der Waals surface area contributed by atoms with Gasteiger partial charge in [-0.1, -0.05) is 11.6 Å². The third-order valence-corrected chi connectivity index (χ3v) is 4.60. The van der Waals surface area contributed by atoms with Crippen LogP contribution in [0.3, 0.4) is 0 Å². The number of anilines is 2. The van der Waals surface area contributed by atoms with Crippen LogP contribution in [-0.4, -0.2) is 18.2 Å². The fourth-order valence-corrected chi connectivity index (χ4v) is 3.21. The van der Waals surface area contributed by atoms with Crippen molar-refractivity contribution < 1.29 is 12.8 Å². The average molecular weight is 319 g/mol. The van der Waals surface area contributed by atoms with Crippen molar-refractivity contribution in [2.24, 2.45) is 7.05 Å². The number of nitrogens with zero attached hydrogens (tertiary/aromatic N) is 2. The highest BCUT2D eigenvalue weighted by Gasteiger charge is 2.24. The average Bonchev–Trinajstić information content (AvgIpc) is 2.58. The molecule has 0 saturated heterocycles. The molecule has 0 aliphatic carbocycles. The zero-order chi connectivity index (χ0) is 15.1. The number of nitrogens with one attached hydrogen (secondary N) is 1. The maximum atomic E-state index is 13.3. The largest absolute Gasteiger partial charge is 0.381 e. The van der Waals surface area contributed by atoms with Gasteiger partial charge in [0, 0.05) is 7.05 Å². The van der Waals surface area contributed by atoms with Crippen molar-refractivity contribution in [1.82, 2.24) is 9.78 Å². The number of aromatic nitrogens is 2. The van der Waals surface area contributed by atoms with E-state index in [-0.39, 0.29) is 21.4 Å². The third kappa shape index (κ3) is 2.56. The van der Waals surface area contributed by atoms with Gasteiger partial charge < -0.3 is 5.73 Å². The summed E-state index contributed by atoms with van der Waals surface area (Å²) in [4.78, 5) is -0.129. The lowest BCUT2D eigenvalue weighted by Gasteiger charge is -2.08. The molecule has 9 heteroatoms. The lowest BCUT2D eigenvalue weighted by atomic mass is 10.3. The molecule has 1 heterocycles. The van der Waals surface area contributed by atoms with Gasteiger partial charge in [0.1, 0.15) is 5.82 Å². The second-order valence-electron chi connectivity index (χ2n) is 4.16. The fourth-order valence-electron chi connectivity index (χ4n) is 1.71. The summed E-state index contributed by atoms with van der Waals surface area (Å²) >= 11 is 5.54. The maximum Gasteiger partial charge on any atom is 0.267 e. The monoisotopic (exact) mass is 318 g/mol. The van der Waals surface area contributed by atoms with E-state index in [9.17, 15) is 12.8 Å². The second-order valence-corrected chi connectivity index (χ2v) is 6.18. The Hall–Kier alpha value is -1.80. The van der Waals surface area contributed by atoms with Crippen molar-refractivity contribution in [1.29, 1.82) is 0 Å². The Bertz CT molecular complexity index is 773. The molecule has 0 atom stereocenters. The van der Waals surface area contributed by atoms with Crippen LogP contribution in [0.2, 0.25) is 5.02 Å². The van der Waals surface area contributed by atoms with Crippen molar-refractivity contribution in [3.8, 4) is 0 Å². The molecular formula is C11H12ClFN4O2S. The van der Waals surface area contributed by atoms with Gasteiger partial charge in [0.05, 0.1) is 16.4 Å². The van der Waals surface area contributed by atoms with Gasteiger partial charge >= 0.3 is 0 Å². The van der Waals surface area contributed by atoms with Crippen LogP contribution in [0.4, 0.5) is 15.9 Å². The van der Waals surface area contributed by atoms with E-state index in [2.05, 4.69) is 9.82 Å². The van der Waals surface area contributed by atoms with Gasteiger partial charge in [-0.05, 0) is 25.1 Å². The summed E-state index contributed by atoms with van der Waals surface area (Å²) in [5.41, 5.74) is 6.02. The number of hydrogen-bond donors (Lipinski definition) is 2. The van der Waals surface area contributed by atoms with E-state index in [0.717, 1.165) is 6.07 Å². The van der Waals surface area contributed by atoms with Gasteiger partial charge in [0.25, 0.3) is 10.0 Å². The Labute approximate surface area is 120 Å². The Kier molecular flexibility index (Phi) is 3.61. The highest BCUT2D eigenvalue weighted by Crippen LogP contribution is 2.25. The molecule has 0 aliphatic heterocycles. The summed E-state index contributed by atoms with van der Waals surface area (Å²) < 4.78 is 41.4. The summed E-state index contributed by atoms with van der Waals surface area (Å²) in [5, 5.41) is 3.74. The van der Waals surface area contributed by atoms with E-state index >= 15 is 0 Å². The molecule has 0 aliphatic rings. The molecule has 1 aromatic heterocycles. The molecule has 0 fully saturated rings. The Balaban J connectivity index is 2.43. The summed E-state index contributed by atoms with van der Waals surface area (Å²) in [5.74, 6) is -0.838. The predicted molar refractivity (Wildman–Crippen MR) is 74.6 cm³/mol. The molecule has 3 N–H and O–H groups in total. The van der Waals surface area contributed by atoms with E-state index in [1.807, 2.05) is 0 Å². The molecule has 0 bridgehead atoms. The van der Waals surface area contributed by atoms with Gasteiger partial charge in [-0.15, -0.1) is 0 Å². The molecule has 0 amide bonds. The second kappa shape index (κ2) is 4.95. The molecule has 0 radical (unpaired) electrons. The molecular weight excluding hydrogens is 307 g/mol. The zero-order valence-corrected chi connectivity index (χ0v) is 12.3. The van der Waals surface area contributed by atoms with Crippen LogP contribution in [-0.2, 0) is 17.1 Å². The number of nitrogens with two attached hydrogens (primary N) is 1. The summed E-state index contributed by atoms with van der Waals surface area (Å²) in [6.07, 6.45) is 0. The van der Waals surface area contributed by atoms with E-state index < -0.39 is 15.8 Å². The van der Waals surface area contributed by atoms with Crippen molar-refractivity contribution in [2.45, 2.75) is 11.8 Å². The first-order chi connectivity index (χ1) is 9.22. The smallest absolute Gasteiger partial charge is 0.267 e. The summed E-state index contributed by atoms with van der Waals surface area (Å²) in [6.45, 7) is 1.57. The summed E-state index contributed by atoms with van der Waals surface area (Å²) in [6, 6.07) is 3.60. The number of rotatable bonds is 3. The van der Waals surface area contributed by atoms with Crippen molar-refractivity contribution in [3.63, 3.8) is 0 Å². The number of benzene rings is 1. The molecule has 6 nitrogen and oxygen atoms in total. The van der Waals surface area contributed by atoms with Crippen LogP contribution >= 0.6 is 11.6 Å². The normalized spacial score (nSPS) is 11.6. The van der Waals surface area contributed by atoms with E-state index in [1.54, 1.807) is 14.0 Å². The third-order valence-electron chi connectivity index (χ3n) is 2.74. The van der Waals surface area contributed by atoms with Gasteiger partial charge in [-0.25, -0.2) is 12.8 Å². The van der Waals surface area contributed by atoms with E-state index in [1.165, 1.54) is 16.8 Å². The highest BCUT2D eigenvalue weighted by molar-refractivity contribution is 7.93. The Morgan fingerprint density at radius 2 is 2.10 bits per heavy atom. The van der Waals surface area contributed by atoms with Gasteiger partial charge in [-0.2, -0.15) is 5.10 Å². The fraction of sp³-hybridized carbons (Fsp3) is 0.182. The predicted octanol–water partition coefficient (Wildman–Crippen LogP) is 1.90. The topological polar surface area (TPSA) is 90.0 Å². The van der Waals surface area contributed by atoms with E-state index in [0.29, 0.717) is 5.69 Å². The lowest BCUT2D eigenvalue weighted by Crippen LogP contribution is -2.15. The van der Waals surface area contributed by atoms with Crippen molar-refractivity contribution >= 4 is 33.1 Å². The first-order valence-electron chi connectivity index (χ1n) is 5.49.